The van der Waals surface area contributed by atoms with E-state index in [1.807, 2.05) is 0 Å². The first-order valence-electron chi connectivity index (χ1n) is 10.7. The van der Waals surface area contributed by atoms with Gasteiger partial charge in [0.2, 0.25) is 5.76 Å². The maximum Gasteiger partial charge on any atom is 0.337 e. The van der Waals surface area contributed by atoms with Gasteiger partial charge < -0.3 is 9.15 Å². The fourth-order valence-corrected chi connectivity index (χ4v) is 4.66. The molecule has 2 heterocycles. The van der Waals surface area contributed by atoms with E-state index in [9.17, 15) is 19.2 Å². The number of esters is 1. The monoisotopic (exact) mass is 531 g/mol. The van der Waals surface area contributed by atoms with Crippen LogP contribution in [0, 0.1) is 0 Å². The molecule has 0 radical (unpaired) electrons. The number of Topliss-reactive ketones (excluding diaryl/α,β-unsaturated/α-hetero) is 1. The maximum atomic E-state index is 13.7. The number of hydrogen-bond acceptors (Lipinski definition) is 6. The molecule has 1 aliphatic heterocycles. The minimum absolute atomic E-state index is 0.0393. The number of anilines is 1. The largest absolute Gasteiger partial charge is 0.465 e. The van der Waals surface area contributed by atoms with Crippen LogP contribution in [0.4, 0.5) is 5.69 Å². The number of ketones is 1. The van der Waals surface area contributed by atoms with Crippen molar-refractivity contribution in [2.45, 2.75) is 13.0 Å². The summed E-state index contributed by atoms with van der Waals surface area (Å²) < 4.78 is 11.4. The van der Waals surface area contributed by atoms with Crippen molar-refractivity contribution < 1.29 is 23.5 Å². The lowest BCUT2D eigenvalue weighted by molar-refractivity contribution is 0.0600. The molecule has 5 rings (SSSR count). The van der Waals surface area contributed by atoms with Crippen LogP contribution in [0.25, 0.3) is 11.0 Å². The summed E-state index contributed by atoms with van der Waals surface area (Å²) in [6.07, 6.45) is 0. The van der Waals surface area contributed by atoms with Gasteiger partial charge in [0.15, 0.2) is 11.2 Å². The van der Waals surface area contributed by atoms with E-state index >= 15 is 0 Å². The molecule has 0 saturated carbocycles. The van der Waals surface area contributed by atoms with Crippen molar-refractivity contribution in [2.24, 2.45) is 0 Å². The van der Waals surface area contributed by atoms with Crippen LogP contribution in [0.3, 0.4) is 0 Å². The van der Waals surface area contributed by atoms with Crippen LogP contribution in [0.2, 0.25) is 0 Å². The highest BCUT2D eigenvalue weighted by Crippen LogP contribution is 2.41. The van der Waals surface area contributed by atoms with E-state index in [1.165, 1.54) is 18.9 Å². The number of benzene rings is 3. The third kappa shape index (κ3) is 3.76. The lowest BCUT2D eigenvalue weighted by atomic mass is 9.97. The fraction of sp³-hybridized carbons (Fsp3) is 0.111. The fourth-order valence-electron chi connectivity index (χ4n) is 4.30. The number of carbonyl (C=O) groups excluding carboxylic acids is 3. The van der Waals surface area contributed by atoms with Crippen molar-refractivity contribution in [2.75, 3.05) is 12.0 Å². The predicted molar refractivity (Wildman–Crippen MR) is 133 cm³/mol. The molecule has 1 aliphatic rings. The van der Waals surface area contributed by atoms with Gasteiger partial charge in [0.25, 0.3) is 5.91 Å². The van der Waals surface area contributed by atoms with Gasteiger partial charge in [0.05, 0.1) is 29.7 Å². The van der Waals surface area contributed by atoms with Gasteiger partial charge in [-0.05, 0) is 67.1 Å². The number of carbonyl (C=O) groups is 3. The van der Waals surface area contributed by atoms with Crippen LogP contribution >= 0.6 is 15.9 Å². The highest BCUT2D eigenvalue weighted by Gasteiger charge is 2.43. The molecule has 0 spiro atoms. The van der Waals surface area contributed by atoms with E-state index in [-0.39, 0.29) is 22.5 Å². The van der Waals surface area contributed by atoms with Gasteiger partial charge in [-0.15, -0.1) is 0 Å². The molecule has 1 atom stereocenters. The van der Waals surface area contributed by atoms with Crippen molar-refractivity contribution in [3.63, 3.8) is 0 Å². The van der Waals surface area contributed by atoms with Gasteiger partial charge in [-0.3, -0.25) is 19.3 Å². The zero-order valence-electron chi connectivity index (χ0n) is 18.7. The van der Waals surface area contributed by atoms with E-state index in [0.717, 1.165) is 0 Å². The van der Waals surface area contributed by atoms with Crippen molar-refractivity contribution in [1.29, 1.82) is 0 Å². The van der Waals surface area contributed by atoms with E-state index in [2.05, 4.69) is 15.9 Å². The predicted octanol–water partition coefficient (Wildman–Crippen LogP) is 5.29. The molecular weight excluding hydrogens is 514 g/mol. The Hall–Kier alpha value is -4.04. The molecule has 3 aromatic carbocycles. The van der Waals surface area contributed by atoms with Gasteiger partial charge in [-0.25, -0.2) is 4.79 Å². The summed E-state index contributed by atoms with van der Waals surface area (Å²) >= 11 is 3.39. The van der Waals surface area contributed by atoms with Crippen LogP contribution in [0.1, 0.15) is 55.4 Å². The van der Waals surface area contributed by atoms with Gasteiger partial charge in [0.1, 0.15) is 5.58 Å². The zero-order chi connectivity index (χ0) is 24.9. The lowest BCUT2D eigenvalue weighted by Gasteiger charge is -2.25. The first-order chi connectivity index (χ1) is 16.8. The minimum Gasteiger partial charge on any atom is -0.465 e. The molecule has 1 unspecified atom stereocenters. The molecule has 0 aliphatic carbocycles. The maximum absolute atomic E-state index is 13.7. The summed E-state index contributed by atoms with van der Waals surface area (Å²) in [5, 5.41) is 0.343. The Labute approximate surface area is 208 Å². The summed E-state index contributed by atoms with van der Waals surface area (Å²) in [5.74, 6) is -1.11. The topological polar surface area (TPSA) is 93.9 Å². The third-order valence-corrected chi connectivity index (χ3v) is 6.52. The standard InChI is InChI=1S/C27H18BrNO6/c1-14(30)15-7-10-19(11-8-15)29-23(16-3-5-17(6-4-16)27(33)34-2)22-24(31)20-13-18(28)9-12-21(20)35-25(22)26(29)32/h3-13,23H,1-2H3. The Balaban J connectivity index is 1.74. The van der Waals surface area contributed by atoms with E-state index in [1.54, 1.807) is 66.7 Å². The number of hydrogen-bond donors (Lipinski definition) is 0. The average molecular weight is 532 g/mol. The molecule has 1 amide bonds. The van der Waals surface area contributed by atoms with Crippen LogP contribution in [0.15, 0.2) is 80.4 Å². The number of halogens is 1. The average Bonchev–Trinajstić information content (AvgIpc) is 3.16. The lowest BCUT2D eigenvalue weighted by Crippen LogP contribution is -2.29. The molecule has 4 aromatic rings. The molecule has 174 valence electrons. The highest BCUT2D eigenvalue weighted by atomic mass is 79.9. The second-order valence-electron chi connectivity index (χ2n) is 8.11. The summed E-state index contributed by atoms with van der Waals surface area (Å²) in [7, 11) is 1.29. The third-order valence-electron chi connectivity index (χ3n) is 6.03. The molecule has 0 saturated heterocycles. The Morgan fingerprint density at radius 2 is 1.60 bits per heavy atom. The van der Waals surface area contributed by atoms with Crippen molar-refractivity contribution in [3.8, 4) is 0 Å². The Morgan fingerprint density at radius 1 is 0.943 bits per heavy atom. The molecule has 0 fully saturated rings. The van der Waals surface area contributed by atoms with E-state index in [0.29, 0.717) is 37.8 Å². The summed E-state index contributed by atoms with van der Waals surface area (Å²) in [6, 6.07) is 17.4. The van der Waals surface area contributed by atoms with Gasteiger partial charge >= 0.3 is 5.97 Å². The number of methoxy groups -OCH3 is 1. The first-order valence-corrected chi connectivity index (χ1v) is 11.5. The summed E-state index contributed by atoms with van der Waals surface area (Å²) in [5.41, 5.74) is 2.15. The number of rotatable bonds is 4. The van der Waals surface area contributed by atoms with Gasteiger partial charge in [-0.2, -0.15) is 0 Å². The van der Waals surface area contributed by atoms with Crippen molar-refractivity contribution in [1.82, 2.24) is 0 Å². The molecule has 0 N–H and O–H groups in total. The molecule has 0 bridgehead atoms. The SMILES string of the molecule is COC(=O)c1ccc(C2c3c(oc4ccc(Br)cc4c3=O)C(=O)N2c2ccc(C(C)=O)cc2)cc1. The van der Waals surface area contributed by atoms with Crippen LogP contribution in [0.5, 0.6) is 0 Å². The molecule has 35 heavy (non-hydrogen) atoms. The van der Waals surface area contributed by atoms with Crippen molar-refractivity contribution >= 4 is 50.2 Å². The smallest absolute Gasteiger partial charge is 0.337 e. The first kappa shape index (κ1) is 22.7. The summed E-state index contributed by atoms with van der Waals surface area (Å²) in [4.78, 5) is 52.4. The quantitative estimate of drug-likeness (QED) is 0.262. The number of nitrogens with zero attached hydrogens (tertiary/aromatic N) is 1. The van der Waals surface area contributed by atoms with Crippen molar-refractivity contribution in [3.05, 3.63) is 109 Å². The van der Waals surface area contributed by atoms with Gasteiger partial charge in [-0.1, -0.05) is 28.1 Å². The molecular formula is C27H18BrNO6. The van der Waals surface area contributed by atoms with E-state index < -0.39 is 17.9 Å². The Kier molecular flexibility index (Phi) is 5.61. The number of amides is 1. The Morgan fingerprint density at radius 3 is 2.23 bits per heavy atom. The highest BCUT2D eigenvalue weighted by molar-refractivity contribution is 9.10. The van der Waals surface area contributed by atoms with E-state index in [4.69, 9.17) is 9.15 Å². The van der Waals surface area contributed by atoms with Crippen LogP contribution in [-0.4, -0.2) is 24.8 Å². The molecule has 1 aromatic heterocycles. The number of fused-ring (bicyclic) bond motifs is 2. The van der Waals surface area contributed by atoms with Crippen LogP contribution in [-0.2, 0) is 4.74 Å². The second-order valence-corrected chi connectivity index (χ2v) is 9.02. The summed E-state index contributed by atoms with van der Waals surface area (Å²) in [6.45, 7) is 1.46. The van der Waals surface area contributed by atoms with Crippen LogP contribution < -0.4 is 10.3 Å². The minimum atomic E-state index is -0.799. The molecule has 7 nitrogen and oxygen atoms in total. The Bertz CT molecular complexity index is 1570. The molecule has 8 heteroatoms. The normalized spacial score (nSPS) is 14.8. The zero-order valence-corrected chi connectivity index (χ0v) is 20.3. The number of ether oxygens (including phenoxy) is 1. The van der Waals surface area contributed by atoms with Gasteiger partial charge in [0, 0.05) is 15.7 Å². The second kappa shape index (κ2) is 8.63.